The summed E-state index contributed by atoms with van der Waals surface area (Å²) >= 11 is 5.98. The fraction of sp³-hybridized carbons (Fsp3) is 0.200. The highest BCUT2D eigenvalue weighted by Gasteiger charge is 2.09. The SMILES string of the molecule is ClCc1nc2cnccc2n1CCc1ccccc1. The second-order valence-electron chi connectivity index (χ2n) is 4.41. The highest BCUT2D eigenvalue weighted by molar-refractivity contribution is 6.16. The zero-order valence-electron chi connectivity index (χ0n) is 10.5. The summed E-state index contributed by atoms with van der Waals surface area (Å²) < 4.78 is 2.18. The molecule has 0 spiro atoms. The summed E-state index contributed by atoms with van der Waals surface area (Å²) in [5.74, 6) is 1.32. The molecule has 0 radical (unpaired) electrons. The van der Waals surface area contributed by atoms with Crippen molar-refractivity contribution in [1.82, 2.24) is 14.5 Å². The Morgan fingerprint density at radius 3 is 2.74 bits per heavy atom. The van der Waals surface area contributed by atoms with Gasteiger partial charge in [0.05, 0.1) is 17.6 Å². The van der Waals surface area contributed by atoms with Gasteiger partial charge in [-0.15, -0.1) is 11.6 Å². The van der Waals surface area contributed by atoms with Crippen LogP contribution in [0.5, 0.6) is 0 Å². The number of rotatable bonds is 4. The summed E-state index contributed by atoms with van der Waals surface area (Å²) in [5.41, 5.74) is 3.33. The second kappa shape index (κ2) is 5.41. The molecule has 4 heteroatoms. The smallest absolute Gasteiger partial charge is 0.124 e. The molecule has 0 bridgehead atoms. The van der Waals surface area contributed by atoms with Gasteiger partial charge in [-0.1, -0.05) is 30.3 Å². The number of pyridine rings is 1. The highest BCUT2D eigenvalue weighted by Crippen LogP contribution is 2.17. The number of alkyl halides is 1. The number of aryl methyl sites for hydroxylation is 2. The van der Waals surface area contributed by atoms with E-state index in [1.54, 1.807) is 12.4 Å². The average molecular weight is 272 g/mol. The first-order valence-electron chi connectivity index (χ1n) is 6.27. The molecule has 0 amide bonds. The maximum absolute atomic E-state index is 5.98. The van der Waals surface area contributed by atoms with E-state index in [2.05, 4.69) is 38.8 Å². The minimum Gasteiger partial charge on any atom is -0.327 e. The predicted molar refractivity (Wildman–Crippen MR) is 77.2 cm³/mol. The number of nitrogens with zero attached hydrogens (tertiary/aromatic N) is 3. The summed E-state index contributed by atoms with van der Waals surface area (Å²) in [6, 6.07) is 12.4. The Morgan fingerprint density at radius 1 is 1.11 bits per heavy atom. The van der Waals surface area contributed by atoms with Crippen molar-refractivity contribution in [1.29, 1.82) is 0 Å². The van der Waals surface area contributed by atoms with Crippen LogP contribution in [0.1, 0.15) is 11.4 Å². The van der Waals surface area contributed by atoms with Gasteiger partial charge in [0.25, 0.3) is 0 Å². The Kier molecular flexibility index (Phi) is 3.47. The number of fused-ring (bicyclic) bond motifs is 1. The minimum atomic E-state index is 0.420. The van der Waals surface area contributed by atoms with Crippen LogP contribution >= 0.6 is 11.6 Å². The van der Waals surface area contributed by atoms with Crippen LogP contribution in [0.2, 0.25) is 0 Å². The molecule has 3 nitrogen and oxygen atoms in total. The highest BCUT2D eigenvalue weighted by atomic mass is 35.5. The lowest BCUT2D eigenvalue weighted by atomic mass is 10.1. The Hall–Kier alpha value is -1.87. The van der Waals surface area contributed by atoms with E-state index in [4.69, 9.17) is 11.6 Å². The van der Waals surface area contributed by atoms with Gasteiger partial charge < -0.3 is 4.57 Å². The van der Waals surface area contributed by atoms with E-state index in [0.29, 0.717) is 5.88 Å². The Labute approximate surface area is 116 Å². The van der Waals surface area contributed by atoms with Crippen molar-refractivity contribution in [3.63, 3.8) is 0 Å². The molecule has 3 aromatic rings. The van der Waals surface area contributed by atoms with E-state index in [9.17, 15) is 0 Å². The van der Waals surface area contributed by atoms with Crippen molar-refractivity contribution >= 4 is 22.6 Å². The molecule has 1 aromatic carbocycles. The molecule has 0 aliphatic rings. The molecule has 0 aliphatic carbocycles. The third kappa shape index (κ3) is 2.47. The van der Waals surface area contributed by atoms with Crippen LogP contribution in [0.4, 0.5) is 0 Å². The lowest BCUT2D eigenvalue weighted by molar-refractivity contribution is 0.688. The zero-order chi connectivity index (χ0) is 13.1. The van der Waals surface area contributed by atoms with Gasteiger partial charge in [-0.2, -0.15) is 0 Å². The maximum Gasteiger partial charge on any atom is 0.124 e. The van der Waals surface area contributed by atoms with Crippen molar-refractivity contribution < 1.29 is 0 Å². The number of aromatic nitrogens is 3. The van der Waals surface area contributed by atoms with Crippen molar-refractivity contribution in [3.8, 4) is 0 Å². The average Bonchev–Trinajstić information content (AvgIpc) is 2.84. The molecule has 19 heavy (non-hydrogen) atoms. The summed E-state index contributed by atoms with van der Waals surface area (Å²) in [6.45, 7) is 0.882. The largest absolute Gasteiger partial charge is 0.327 e. The first kappa shape index (κ1) is 12.2. The molecular weight excluding hydrogens is 258 g/mol. The molecule has 0 unspecified atom stereocenters. The molecule has 2 aromatic heterocycles. The minimum absolute atomic E-state index is 0.420. The Morgan fingerprint density at radius 2 is 1.95 bits per heavy atom. The lowest BCUT2D eigenvalue weighted by Gasteiger charge is -2.07. The fourth-order valence-electron chi connectivity index (χ4n) is 2.27. The van der Waals surface area contributed by atoms with E-state index in [1.807, 2.05) is 12.1 Å². The number of halogens is 1. The van der Waals surface area contributed by atoms with E-state index in [-0.39, 0.29) is 0 Å². The maximum atomic E-state index is 5.98. The van der Waals surface area contributed by atoms with Gasteiger partial charge in [0.15, 0.2) is 0 Å². The van der Waals surface area contributed by atoms with Crippen LogP contribution in [0, 0.1) is 0 Å². The molecule has 0 atom stereocenters. The Bertz CT molecular complexity index is 676. The van der Waals surface area contributed by atoms with Crippen molar-refractivity contribution in [2.24, 2.45) is 0 Å². The van der Waals surface area contributed by atoms with Gasteiger partial charge in [-0.3, -0.25) is 4.98 Å². The van der Waals surface area contributed by atoms with Crippen LogP contribution in [-0.4, -0.2) is 14.5 Å². The molecule has 96 valence electrons. The standard InChI is InChI=1S/C15H14ClN3/c16-10-15-18-13-11-17-8-6-14(13)19(15)9-7-12-4-2-1-3-5-12/h1-6,8,11H,7,9-10H2. The monoisotopic (exact) mass is 271 g/mol. The van der Waals surface area contributed by atoms with Gasteiger partial charge in [0.1, 0.15) is 11.3 Å². The first-order valence-corrected chi connectivity index (χ1v) is 6.81. The van der Waals surface area contributed by atoms with Gasteiger partial charge >= 0.3 is 0 Å². The fourth-order valence-corrected chi connectivity index (χ4v) is 2.47. The number of imidazole rings is 1. The van der Waals surface area contributed by atoms with Crippen LogP contribution in [-0.2, 0) is 18.8 Å². The second-order valence-corrected chi connectivity index (χ2v) is 4.68. The summed E-state index contributed by atoms with van der Waals surface area (Å²) in [6.07, 6.45) is 4.55. The number of hydrogen-bond donors (Lipinski definition) is 0. The van der Waals surface area contributed by atoms with Crippen LogP contribution in [0.3, 0.4) is 0 Å². The molecule has 0 saturated carbocycles. The van der Waals surface area contributed by atoms with Gasteiger partial charge in [-0.25, -0.2) is 4.98 Å². The van der Waals surface area contributed by atoms with Gasteiger partial charge in [-0.05, 0) is 18.1 Å². The van der Waals surface area contributed by atoms with E-state index < -0.39 is 0 Å². The topological polar surface area (TPSA) is 30.7 Å². The molecule has 2 heterocycles. The lowest BCUT2D eigenvalue weighted by Crippen LogP contribution is -2.05. The first-order chi connectivity index (χ1) is 9.38. The number of hydrogen-bond acceptors (Lipinski definition) is 2. The van der Waals surface area contributed by atoms with Crippen LogP contribution in [0.15, 0.2) is 48.8 Å². The normalized spacial score (nSPS) is 11.0. The molecular formula is C15H14ClN3. The van der Waals surface area contributed by atoms with Crippen molar-refractivity contribution in [2.45, 2.75) is 18.8 Å². The van der Waals surface area contributed by atoms with Crippen molar-refractivity contribution in [3.05, 3.63) is 60.2 Å². The Balaban J connectivity index is 1.91. The van der Waals surface area contributed by atoms with E-state index >= 15 is 0 Å². The van der Waals surface area contributed by atoms with Crippen LogP contribution < -0.4 is 0 Å². The summed E-state index contributed by atoms with van der Waals surface area (Å²) in [7, 11) is 0. The van der Waals surface area contributed by atoms with Gasteiger partial charge in [0.2, 0.25) is 0 Å². The van der Waals surface area contributed by atoms with Gasteiger partial charge in [0, 0.05) is 12.7 Å². The summed E-state index contributed by atoms with van der Waals surface area (Å²) in [5, 5.41) is 0. The molecule has 0 aliphatic heterocycles. The summed E-state index contributed by atoms with van der Waals surface area (Å²) in [4.78, 5) is 8.61. The molecule has 0 fully saturated rings. The number of benzene rings is 1. The van der Waals surface area contributed by atoms with Crippen LogP contribution in [0.25, 0.3) is 11.0 Å². The third-order valence-electron chi connectivity index (χ3n) is 3.22. The quantitative estimate of drug-likeness (QED) is 0.681. The molecule has 0 N–H and O–H groups in total. The molecule has 3 rings (SSSR count). The van der Waals surface area contributed by atoms with E-state index in [1.165, 1.54) is 5.56 Å². The predicted octanol–water partition coefficient (Wildman–Crippen LogP) is 3.41. The van der Waals surface area contributed by atoms with Crippen molar-refractivity contribution in [2.75, 3.05) is 0 Å². The van der Waals surface area contributed by atoms with E-state index in [0.717, 1.165) is 29.8 Å². The third-order valence-corrected chi connectivity index (χ3v) is 3.46. The molecule has 0 saturated heterocycles. The zero-order valence-corrected chi connectivity index (χ0v) is 11.2.